The molecule has 1 aliphatic rings. The Labute approximate surface area is 82.5 Å². The van der Waals surface area contributed by atoms with Gasteiger partial charge in [0.2, 0.25) is 0 Å². The third kappa shape index (κ3) is 3.65. The second-order valence-electron chi connectivity index (χ2n) is 4.79. The standard InChI is InChI=1S/C11H24N2/c1-8(2)12-10-6-5-7-11(10)13-9(3)4/h8-13H,5-7H2,1-4H3/t10-,11+. The molecule has 0 amide bonds. The van der Waals surface area contributed by atoms with Gasteiger partial charge in [-0.15, -0.1) is 0 Å². The van der Waals surface area contributed by atoms with Gasteiger partial charge >= 0.3 is 0 Å². The Morgan fingerprint density at radius 3 is 1.54 bits per heavy atom. The van der Waals surface area contributed by atoms with Crippen LogP contribution in [-0.2, 0) is 0 Å². The van der Waals surface area contributed by atoms with Crippen LogP contribution in [0.15, 0.2) is 0 Å². The Balaban J connectivity index is 2.35. The largest absolute Gasteiger partial charge is 0.310 e. The summed E-state index contributed by atoms with van der Waals surface area (Å²) in [5.41, 5.74) is 0. The van der Waals surface area contributed by atoms with Crippen LogP contribution in [-0.4, -0.2) is 24.2 Å². The first-order valence-corrected chi connectivity index (χ1v) is 5.61. The summed E-state index contributed by atoms with van der Waals surface area (Å²) in [7, 11) is 0. The van der Waals surface area contributed by atoms with E-state index < -0.39 is 0 Å². The molecule has 0 bridgehead atoms. The number of nitrogens with one attached hydrogen (secondary N) is 2. The van der Waals surface area contributed by atoms with Crippen molar-refractivity contribution in [2.75, 3.05) is 0 Å². The number of hydrogen-bond donors (Lipinski definition) is 2. The lowest BCUT2D eigenvalue weighted by molar-refractivity contribution is 0.365. The van der Waals surface area contributed by atoms with Gasteiger partial charge in [-0.3, -0.25) is 0 Å². The van der Waals surface area contributed by atoms with Gasteiger partial charge in [-0.05, 0) is 12.8 Å². The molecule has 0 saturated heterocycles. The SMILES string of the molecule is CC(C)N[C@H]1CCC[C@H]1NC(C)C. The molecule has 2 nitrogen and oxygen atoms in total. The van der Waals surface area contributed by atoms with E-state index in [-0.39, 0.29) is 0 Å². The molecule has 0 aromatic carbocycles. The molecular weight excluding hydrogens is 160 g/mol. The molecule has 0 aromatic rings. The van der Waals surface area contributed by atoms with E-state index in [1.54, 1.807) is 0 Å². The van der Waals surface area contributed by atoms with E-state index in [2.05, 4.69) is 38.3 Å². The van der Waals surface area contributed by atoms with E-state index in [9.17, 15) is 0 Å². The Morgan fingerprint density at radius 2 is 1.23 bits per heavy atom. The highest BCUT2D eigenvalue weighted by Crippen LogP contribution is 2.19. The van der Waals surface area contributed by atoms with Gasteiger partial charge in [-0.1, -0.05) is 34.1 Å². The smallest absolute Gasteiger partial charge is 0.0223 e. The third-order valence-corrected chi connectivity index (χ3v) is 2.61. The van der Waals surface area contributed by atoms with Gasteiger partial charge in [0.15, 0.2) is 0 Å². The highest BCUT2D eigenvalue weighted by Gasteiger charge is 2.27. The van der Waals surface area contributed by atoms with Gasteiger partial charge in [-0.2, -0.15) is 0 Å². The van der Waals surface area contributed by atoms with Crippen LogP contribution in [0.4, 0.5) is 0 Å². The topological polar surface area (TPSA) is 24.1 Å². The summed E-state index contributed by atoms with van der Waals surface area (Å²) in [4.78, 5) is 0. The van der Waals surface area contributed by atoms with Crippen molar-refractivity contribution >= 4 is 0 Å². The molecule has 2 N–H and O–H groups in total. The Morgan fingerprint density at radius 1 is 0.846 bits per heavy atom. The lowest BCUT2D eigenvalue weighted by Crippen LogP contribution is -2.48. The summed E-state index contributed by atoms with van der Waals surface area (Å²) in [6, 6.07) is 2.61. The van der Waals surface area contributed by atoms with Gasteiger partial charge in [0.1, 0.15) is 0 Å². The van der Waals surface area contributed by atoms with Gasteiger partial charge in [0.25, 0.3) is 0 Å². The molecular formula is C11H24N2. The van der Waals surface area contributed by atoms with Crippen molar-refractivity contribution in [3.8, 4) is 0 Å². The summed E-state index contributed by atoms with van der Waals surface area (Å²) >= 11 is 0. The van der Waals surface area contributed by atoms with Crippen LogP contribution in [0.5, 0.6) is 0 Å². The zero-order valence-corrected chi connectivity index (χ0v) is 9.43. The van der Waals surface area contributed by atoms with Crippen molar-refractivity contribution in [3.05, 3.63) is 0 Å². The number of hydrogen-bond acceptors (Lipinski definition) is 2. The lowest BCUT2D eigenvalue weighted by atomic mass is 10.1. The predicted molar refractivity (Wildman–Crippen MR) is 58.0 cm³/mol. The summed E-state index contributed by atoms with van der Waals surface area (Å²) in [6.07, 6.45) is 4.04. The Hall–Kier alpha value is -0.0800. The lowest BCUT2D eigenvalue weighted by Gasteiger charge is -2.26. The first kappa shape index (κ1) is 11.0. The van der Waals surface area contributed by atoms with Crippen molar-refractivity contribution in [3.63, 3.8) is 0 Å². The average Bonchev–Trinajstić information content (AvgIpc) is 2.34. The van der Waals surface area contributed by atoms with Gasteiger partial charge in [0.05, 0.1) is 0 Å². The zero-order chi connectivity index (χ0) is 9.84. The predicted octanol–water partition coefficient (Wildman–Crippen LogP) is 1.90. The van der Waals surface area contributed by atoms with Crippen LogP contribution < -0.4 is 10.6 Å². The van der Waals surface area contributed by atoms with E-state index in [1.807, 2.05) is 0 Å². The minimum atomic E-state index is 0.611. The molecule has 13 heavy (non-hydrogen) atoms. The minimum Gasteiger partial charge on any atom is -0.310 e. The molecule has 1 rings (SSSR count). The van der Waals surface area contributed by atoms with E-state index in [0.717, 1.165) is 0 Å². The van der Waals surface area contributed by atoms with Crippen LogP contribution in [0.2, 0.25) is 0 Å². The van der Waals surface area contributed by atoms with Crippen LogP contribution >= 0.6 is 0 Å². The molecule has 0 heterocycles. The molecule has 78 valence electrons. The summed E-state index contributed by atoms with van der Waals surface area (Å²) in [6.45, 7) is 8.91. The first-order valence-electron chi connectivity index (χ1n) is 5.61. The van der Waals surface area contributed by atoms with Gasteiger partial charge < -0.3 is 10.6 Å². The normalized spacial score (nSPS) is 29.1. The molecule has 0 aromatic heterocycles. The van der Waals surface area contributed by atoms with Crippen molar-refractivity contribution < 1.29 is 0 Å². The van der Waals surface area contributed by atoms with Gasteiger partial charge in [-0.25, -0.2) is 0 Å². The summed E-state index contributed by atoms with van der Waals surface area (Å²) < 4.78 is 0. The zero-order valence-electron chi connectivity index (χ0n) is 9.43. The maximum atomic E-state index is 3.63. The molecule has 1 fully saturated rings. The molecule has 2 heteroatoms. The molecule has 2 atom stereocenters. The molecule has 0 spiro atoms. The molecule has 0 radical (unpaired) electrons. The van der Waals surface area contributed by atoms with Crippen molar-refractivity contribution in [2.24, 2.45) is 0 Å². The molecule has 1 saturated carbocycles. The molecule has 0 aliphatic heterocycles. The fourth-order valence-corrected chi connectivity index (χ4v) is 2.22. The fraction of sp³-hybridized carbons (Fsp3) is 1.00. The van der Waals surface area contributed by atoms with Crippen LogP contribution in [0.25, 0.3) is 0 Å². The fourth-order valence-electron chi connectivity index (χ4n) is 2.22. The number of rotatable bonds is 4. The van der Waals surface area contributed by atoms with Crippen molar-refractivity contribution in [1.29, 1.82) is 0 Å². The highest BCUT2D eigenvalue weighted by atomic mass is 15.1. The Kier molecular flexibility index (Phi) is 4.20. The summed E-state index contributed by atoms with van der Waals surface area (Å²) in [5, 5.41) is 7.27. The second kappa shape index (κ2) is 4.97. The van der Waals surface area contributed by atoms with Crippen molar-refractivity contribution in [2.45, 2.75) is 71.1 Å². The maximum Gasteiger partial charge on any atom is 0.0223 e. The molecule has 0 unspecified atom stereocenters. The van der Waals surface area contributed by atoms with Crippen LogP contribution in [0.3, 0.4) is 0 Å². The van der Waals surface area contributed by atoms with Crippen LogP contribution in [0.1, 0.15) is 47.0 Å². The quantitative estimate of drug-likeness (QED) is 0.697. The maximum absolute atomic E-state index is 3.63. The van der Waals surface area contributed by atoms with Gasteiger partial charge in [0, 0.05) is 24.2 Å². The third-order valence-electron chi connectivity index (χ3n) is 2.61. The summed E-state index contributed by atoms with van der Waals surface area (Å²) in [5.74, 6) is 0. The highest BCUT2D eigenvalue weighted by molar-refractivity contribution is 4.89. The average molecular weight is 184 g/mol. The molecule has 1 aliphatic carbocycles. The monoisotopic (exact) mass is 184 g/mol. The van der Waals surface area contributed by atoms with E-state index >= 15 is 0 Å². The minimum absolute atomic E-state index is 0.611. The van der Waals surface area contributed by atoms with E-state index in [0.29, 0.717) is 24.2 Å². The van der Waals surface area contributed by atoms with Crippen molar-refractivity contribution in [1.82, 2.24) is 10.6 Å². The Bertz CT molecular complexity index is 127. The first-order chi connectivity index (χ1) is 6.09. The van der Waals surface area contributed by atoms with E-state index in [4.69, 9.17) is 0 Å². The second-order valence-corrected chi connectivity index (χ2v) is 4.79. The van der Waals surface area contributed by atoms with Crippen LogP contribution in [0, 0.1) is 0 Å². The van der Waals surface area contributed by atoms with E-state index in [1.165, 1.54) is 19.3 Å².